The van der Waals surface area contributed by atoms with Gasteiger partial charge in [-0.05, 0) is 26.1 Å². The van der Waals surface area contributed by atoms with Gasteiger partial charge in [-0.25, -0.2) is 11.7 Å². The second kappa shape index (κ2) is 3.82. The van der Waals surface area contributed by atoms with Gasteiger partial charge in [-0.1, -0.05) is 0 Å². The lowest BCUT2D eigenvalue weighted by Gasteiger charge is -2.34. The van der Waals surface area contributed by atoms with Crippen LogP contribution in [0.15, 0.2) is 0 Å². The lowest BCUT2D eigenvalue weighted by atomic mass is 10.1. The summed E-state index contributed by atoms with van der Waals surface area (Å²) in [6.07, 6.45) is 0. The molecule has 0 aliphatic heterocycles. The topological polar surface area (TPSA) is 87.5 Å². The number of nitrogens with two attached hydrogens (primary N) is 2. The molecule has 0 spiro atoms. The molecule has 0 aromatic carbocycles. The second-order valence-corrected chi connectivity index (χ2v) is 3.18. The van der Waals surface area contributed by atoms with Gasteiger partial charge in [-0.15, -0.1) is 0 Å². The molecule has 0 atom stereocenters. The standard InChI is InChI=1S/C5H14N4OS/c1-5(2,3-10)9(7)4(11)8-6/h10H,3,6-7H2,1-2H3,(H,8,11). The molecule has 0 bridgehead atoms. The molecule has 0 aromatic heterocycles. The molecular formula is C5H14N4OS. The van der Waals surface area contributed by atoms with Crippen LogP contribution in [0.2, 0.25) is 0 Å². The summed E-state index contributed by atoms with van der Waals surface area (Å²) in [7, 11) is 0. The maximum atomic E-state index is 8.86. The van der Waals surface area contributed by atoms with Gasteiger partial charge in [0.2, 0.25) is 0 Å². The van der Waals surface area contributed by atoms with Crippen LogP contribution in [0, 0.1) is 0 Å². The third-order valence-electron chi connectivity index (χ3n) is 1.38. The van der Waals surface area contributed by atoms with Crippen molar-refractivity contribution in [3.05, 3.63) is 0 Å². The number of hydrazine groups is 2. The first-order valence-corrected chi connectivity index (χ1v) is 3.53. The predicted molar refractivity (Wildman–Crippen MR) is 47.1 cm³/mol. The van der Waals surface area contributed by atoms with Gasteiger partial charge in [0, 0.05) is 0 Å². The Morgan fingerprint density at radius 1 is 1.73 bits per heavy atom. The summed E-state index contributed by atoms with van der Waals surface area (Å²) < 4.78 is 0. The van der Waals surface area contributed by atoms with E-state index in [2.05, 4.69) is 5.43 Å². The summed E-state index contributed by atoms with van der Waals surface area (Å²) in [6.45, 7) is 3.40. The number of hydrogen-bond acceptors (Lipinski definition) is 4. The Balaban J connectivity index is 4.22. The Kier molecular flexibility index (Phi) is 3.67. The zero-order valence-electron chi connectivity index (χ0n) is 6.66. The predicted octanol–water partition coefficient (Wildman–Crippen LogP) is -1.32. The highest BCUT2D eigenvalue weighted by Gasteiger charge is 2.24. The highest BCUT2D eigenvalue weighted by atomic mass is 32.1. The average molecular weight is 178 g/mol. The summed E-state index contributed by atoms with van der Waals surface area (Å²) in [5.41, 5.74) is 1.63. The van der Waals surface area contributed by atoms with E-state index in [1.165, 1.54) is 5.01 Å². The van der Waals surface area contributed by atoms with Crippen molar-refractivity contribution in [3.8, 4) is 0 Å². The highest BCUT2D eigenvalue weighted by molar-refractivity contribution is 7.80. The lowest BCUT2D eigenvalue weighted by molar-refractivity contribution is 0.112. The van der Waals surface area contributed by atoms with Gasteiger partial charge >= 0.3 is 0 Å². The minimum absolute atomic E-state index is 0.0919. The van der Waals surface area contributed by atoms with Crippen LogP contribution in [0.25, 0.3) is 0 Å². The molecule has 0 aromatic rings. The number of aliphatic hydroxyl groups excluding tert-OH is 1. The van der Waals surface area contributed by atoms with Crippen LogP contribution in [-0.4, -0.2) is 27.4 Å². The molecule has 6 heteroatoms. The van der Waals surface area contributed by atoms with E-state index in [1.54, 1.807) is 13.8 Å². The van der Waals surface area contributed by atoms with Gasteiger partial charge in [-0.2, -0.15) is 0 Å². The van der Waals surface area contributed by atoms with E-state index in [9.17, 15) is 0 Å². The Bertz CT molecular complexity index is 149. The van der Waals surface area contributed by atoms with Gasteiger partial charge < -0.3 is 5.11 Å². The Labute approximate surface area is 71.3 Å². The van der Waals surface area contributed by atoms with Gasteiger partial charge in [0.25, 0.3) is 0 Å². The maximum absolute atomic E-state index is 8.86. The second-order valence-electron chi connectivity index (χ2n) is 2.79. The zero-order valence-corrected chi connectivity index (χ0v) is 7.48. The fraction of sp³-hybridized carbons (Fsp3) is 0.800. The van der Waals surface area contributed by atoms with E-state index in [4.69, 9.17) is 29.0 Å². The van der Waals surface area contributed by atoms with Crippen LogP contribution < -0.4 is 17.1 Å². The van der Waals surface area contributed by atoms with Crippen LogP contribution in [0.1, 0.15) is 13.8 Å². The molecule has 0 fully saturated rings. The van der Waals surface area contributed by atoms with Gasteiger partial charge in [0.15, 0.2) is 5.11 Å². The van der Waals surface area contributed by atoms with E-state index in [1.807, 2.05) is 0 Å². The Hall–Kier alpha value is -0.430. The molecule has 0 heterocycles. The molecule has 0 aliphatic carbocycles. The first-order valence-electron chi connectivity index (χ1n) is 3.12. The molecule has 0 amide bonds. The van der Waals surface area contributed by atoms with Crippen LogP contribution in [0.3, 0.4) is 0 Å². The van der Waals surface area contributed by atoms with Crippen molar-refractivity contribution in [2.45, 2.75) is 19.4 Å². The van der Waals surface area contributed by atoms with Crippen LogP contribution in [-0.2, 0) is 0 Å². The number of rotatable bonds is 2. The number of nitrogens with one attached hydrogen (secondary N) is 1. The third kappa shape index (κ3) is 2.58. The molecule has 0 rings (SSSR count). The minimum atomic E-state index is -0.594. The number of nitrogens with zero attached hydrogens (tertiary/aromatic N) is 1. The summed E-state index contributed by atoms with van der Waals surface area (Å²) in [5, 5.41) is 10.3. The van der Waals surface area contributed by atoms with Crippen molar-refractivity contribution in [3.63, 3.8) is 0 Å². The monoisotopic (exact) mass is 178 g/mol. The van der Waals surface area contributed by atoms with Crippen molar-refractivity contribution < 1.29 is 5.11 Å². The van der Waals surface area contributed by atoms with E-state index in [0.29, 0.717) is 0 Å². The fourth-order valence-corrected chi connectivity index (χ4v) is 0.668. The molecule has 11 heavy (non-hydrogen) atoms. The minimum Gasteiger partial charge on any atom is -0.394 e. The molecule has 0 aliphatic rings. The van der Waals surface area contributed by atoms with Crippen LogP contribution >= 0.6 is 12.2 Å². The van der Waals surface area contributed by atoms with E-state index < -0.39 is 5.54 Å². The lowest BCUT2D eigenvalue weighted by Crippen LogP contribution is -2.58. The van der Waals surface area contributed by atoms with Crippen molar-refractivity contribution in [2.75, 3.05) is 6.61 Å². The van der Waals surface area contributed by atoms with Crippen molar-refractivity contribution in [1.82, 2.24) is 10.4 Å². The molecule has 5 nitrogen and oxygen atoms in total. The van der Waals surface area contributed by atoms with Crippen LogP contribution in [0.4, 0.5) is 0 Å². The van der Waals surface area contributed by atoms with E-state index >= 15 is 0 Å². The molecule has 66 valence electrons. The highest BCUT2D eigenvalue weighted by Crippen LogP contribution is 2.07. The number of hydrogen-bond donors (Lipinski definition) is 4. The Morgan fingerprint density at radius 3 is 2.45 bits per heavy atom. The third-order valence-corrected chi connectivity index (χ3v) is 1.70. The first kappa shape index (κ1) is 10.6. The normalized spacial score (nSPS) is 11.0. The van der Waals surface area contributed by atoms with Crippen molar-refractivity contribution in [2.24, 2.45) is 11.7 Å². The molecule has 6 N–H and O–H groups in total. The number of thiocarbonyl (C=S) groups is 1. The molecule has 0 radical (unpaired) electrons. The van der Waals surface area contributed by atoms with Gasteiger partial charge in [0.05, 0.1) is 12.1 Å². The van der Waals surface area contributed by atoms with Crippen LogP contribution in [0.5, 0.6) is 0 Å². The number of aliphatic hydroxyl groups is 1. The van der Waals surface area contributed by atoms with Gasteiger partial charge in [-0.3, -0.25) is 10.4 Å². The summed E-state index contributed by atoms with van der Waals surface area (Å²) in [6, 6.07) is 0. The van der Waals surface area contributed by atoms with Gasteiger partial charge in [0.1, 0.15) is 0 Å². The quantitative estimate of drug-likeness (QED) is 0.238. The fourth-order valence-electron chi connectivity index (χ4n) is 0.421. The summed E-state index contributed by atoms with van der Waals surface area (Å²) in [4.78, 5) is 0. The zero-order chi connectivity index (χ0) is 9.07. The SMILES string of the molecule is CC(C)(CO)N(N)C(=S)NN. The van der Waals surface area contributed by atoms with E-state index in [-0.39, 0.29) is 11.7 Å². The van der Waals surface area contributed by atoms with E-state index in [0.717, 1.165) is 0 Å². The smallest absolute Gasteiger partial charge is 0.198 e. The first-order chi connectivity index (χ1) is 4.95. The Morgan fingerprint density at radius 2 is 2.18 bits per heavy atom. The largest absolute Gasteiger partial charge is 0.394 e. The maximum Gasteiger partial charge on any atom is 0.198 e. The van der Waals surface area contributed by atoms with Crippen molar-refractivity contribution in [1.29, 1.82) is 0 Å². The summed E-state index contributed by atoms with van der Waals surface area (Å²) in [5.74, 6) is 10.5. The molecule has 0 saturated heterocycles. The summed E-state index contributed by atoms with van der Waals surface area (Å²) >= 11 is 4.75. The molecule has 0 saturated carbocycles. The van der Waals surface area contributed by atoms with Crippen molar-refractivity contribution >= 4 is 17.3 Å². The average Bonchev–Trinajstić information content (AvgIpc) is 2.01. The molecular weight excluding hydrogens is 164 g/mol. The molecule has 0 unspecified atom stereocenters.